The number of nitrogens with one attached hydrogen (secondary N) is 1. The first-order valence-electron chi connectivity index (χ1n) is 8.13. The van der Waals surface area contributed by atoms with E-state index >= 15 is 0 Å². The Kier molecular flexibility index (Phi) is 7.61. The molecular formula is C17H22N4O4S. The highest BCUT2D eigenvalue weighted by Crippen LogP contribution is 2.18. The van der Waals surface area contributed by atoms with Crippen LogP contribution in [0, 0.1) is 6.92 Å². The van der Waals surface area contributed by atoms with Gasteiger partial charge in [0.25, 0.3) is 0 Å². The highest BCUT2D eigenvalue weighted by atomic mass is 32.2. The first-order chi connectivity index (χ1) is 12.5. The number of hydrogen-bond acceptors (Lipinski definition) is 7. The van der Waals surface area contributed by atoms with E-state index in [0.717, 1.165) is 5.82 Å². The normalized spacial score (nSPS) is 10.6. The number of anilines is 1. The van der Waals surface area contributed by atoms with Gasteiger partial charge in [0, 0.05) is 19.3 Å². The van der Waals surface area contributed by atoms with Crippen LogP contribution in [0.25, 0.3) is 0 Å². The summed E-state index contributed by atoms with van der Waals surface area (Å²) in [6.07, 6.45) is 0. The van der Waals surface area contributed by atoms with Gasteiger partial charge in [-0.05, 0) is 32.0 Å². The molecule has 0 atom stereocenters. The van der Waals surface area contributed by atoms with E-state index in [0.29, 0.717) is 36.2 Å². The standard InChI is InChI=1S/C17H22N4O4S/c1-4-25-16(23)13-6-5-7-14(10-13)18-15(22)11-26-17-20-19-12(2)21(17)8-9-24-3/h5-7,10H,4,8-9,11H2,1-3H3,(H,18,22). The van der Waals surface area contributed by atoms with Crippen LogP contribution in [0.5, 0.6) is 0 Å². The van der Waals surface area contributed by atoms with Gasteiger partial charge in [0.2, 0.25) is 5.91 Å². The second kappa shape index (κ2) is 9.93. The van der Waals surface area contributed by atoms with E-state index in [2.05, 4.69) is 15.5 Å². The van der Waals surface area contributed by atoms with Crippen LogP contribution in [0.15, 0.2) is 29.4 Å². The lowest BCUT2D eigenvalue weighted by Gasteiger charge is -2.09. The van der Waals surface area contributed by atoms with E-state index in [1.807, 2.05) is 11.5 Å². The highest BCUT2D eigenvalue weighted by molar-refractivity contribution is 7.99. The number of amides is 1. The van der Waals surface area contributed by atoms with Crippen molar-refractivity contribution < 1.29 is 19.1 Å². The molecule has 0 aliphatic carbocycles. The fourth-order valence-corrected chi connectivity index (χ4v) is 2.98. The smallest absolute Gasteiger partial charge is 0.338 e. The molecule has 0 aliphatic heterocycles. The van der Waals surface area contributed by atoms with E-state index < -0.39 is 5.97 Å². The van der Waals surface area contributed by atoms with Crippen molar-refractivity contribution in [3.8, 4) is 0 Å². The number of carbonyl (C=O) groups is 2. The summed E-state index contributed by atoms with van der Waals surface area (Å²) in [4.78, 5) is 23.9. The number of aryl methyl sites for hydroxylation is 1. The molecule has 26 heavy (non-hydrogen) atoms. The summed E-state index contributed by atoms with van der Waals surface area (Å²) in [5, 5.41) is 11.5. The van der Waals surface area contributed by atoms with Crippen molar-refractivity contribution in [2.45, 2.75) is 25.5 Å². The molecule has 0 spiro atoms. The number of esters is 1. The summed E-state index contributed by atoms with van der Waals surface area (Å²) in [5.41, 5.74) is 0.936. The Labute approximate surface area is 156 Å². The van der Waals surface area contributed by atoms with Gasteiger partial charge in [0.1, 0.15) is 5.82 Å². The first-order valence-corrected chi connectivity index (χ1v) is 9.12. The Hall–Kier alpha value is -2.39. The van der Waals surface area contributed by atoms with Crippen molar-refractivity contribution in [3.63, 3.8) is 0 Å². The molecule has 2 rings (SSSR count). The number of nitrogens with zero attached hydrogens (tertiary/aromatic N) is 3. The molecule has 0 fully saturated rings. The molecule has 1 N–H and O–H groups in total. The van der Waals surface area contributed by atoms with Crippen molar-refractivity contribution in [2.24, 2.45) is 0 Å². The molecule has 1 amide bonds. The van der Waals surface area contributed by atoms with Crippen LogP contribution in [0.3, 0.4) is 0 Å². The summed E-state index contributed by atoms with van der Waals surface area (Å²) in [7, 11) is 1.63. The topological polar surface area (TPSA) is 95.3 Å². The molecule has 140 valence electrons. The Bertz CT molecular complexity index is 763. The number of hydrogen-bond donors (Lipinski definition) is 1. The third-order valence-electron chi connectivity index (χ3n) is 3.41. The molecule has 0 aliphatic rings. The minimum atomic E-state index is -0.417. The number of ether oxygens (including phenoxy) is 2. The lowest BCUT2D eigenvalue weighted by molar-refractivity contribution is -0.113. The van der Waals surface area contributed by atoms with E-state index in [1.54, 1.807) is 38.3 Å². The average molecular weight is 378 g/mol. The summed E-state index contributed by atoms with van der Waals surface area (Å²) < 4.78 is 11.9. The van der Waals surface area contributed by atoms with E-state index in [-0.39, 0.29) is 11.7 Å². The quantitative estimate of drug-likeness (QED) is 0.527. The van der Waals surface area contributed by atoms with Crippen molar-refractivity contribution in [1.82, 2.24) is 14.8 Å². The fraction of sp³-hybridized carbons (Fsp3) is 0.412. The third-order valence-corrected chi connectivity index (χ3v) is 4.38. The number of benzene rings is 1. The molecule has 1 aromatic heterocycles. The van der Waals surface area contributed by atoms with Gasteiger partial charge in [0.15, 0.2) is 5.16 Å². The third kappa shape index (κ3) is 5.57. The predicted molar refractivity (Wildman–Crippen MR) is 98.4 cm³/mol. The van der Waals surface area contributed by atoms with E-state index in [1.165, 1.54) is 11.8 Å². The van der Waals surface area contributed by atoms with Gasteiger partial charge in [-0.3, -0.25) is 4.79 Å². The molecule has 2 aromatic rings. The zero-order chi connectivity index (χ0) is 18.9. The number of methoxy groups -OCH3 is 1. The number of rotatable bonds is 9. The second-order valence-electron chi connectivity index (χ2n) is 5.31. The van der Waals surface area contributed by atoms with Gasteiger partial charge in [-0.2, -0.15) is 0 Å². The van der Waals surface area contributed by atoms with Crippen LogP contribution in [0.2, 0.25) is 0 Å². The maximum atomic E-state index is 12.2. The molecule has 0 saturated carbocycles. The minimum Gasteiger partial charge on any atom is -0.462 e. The molecule has 9 heteroatoms. The largest absolute Gasteiger partial charge is 0.462 e. The van der Waals surface area contributed by atoms with Crippen molar-refractivity contribution >= 4 is 29.3 Å². The van der Waals surface area contributed by atoms with Crippen LogP contribution < -0.4 is 5.32 Å². The molecule has 0 bridgehead atoms. The Morgan fingerprint density at radius 2 is 2.12 bits per heavy atom. The first kappa shape index (κ1) is 19.9. The lowest BCUT2D eigenvalue weighted by Crippen LogP contribution is -2.15. The van der Waals surface area contributed by atoms with Crippen molar-refractivity contribution in [3.05, 3.63) is 35.7 Å². The molecule has 0 saturated heterocycles. The van der Waals surface area contributed by atoms with Crippen LogP contribution in [-0.4, -0.2) is 52.7 Å². The minimum absolute atomic E-state index is 0.175. The summed E-state index contributed by atoms with van der Waals surface area (Å²) in [6.45, 7) is 5.07. The maximum absolute atomic E-state index is 12.2. The number of aromatic nitrogens is 3. The number of carbonyl (C=O) groups excluding carboxylic acids is 2. The summed E-state index contributed by atoms with van der Waals surface area (Å²) >= 11 is 1.29. The molecule has 1 heterocycles. The van der Waals surface area contributed by atoms with Crippen molar-refractivity contribution in [2.75, 3.05) is 31.4 Å². The average Bonchev–Trinajstić information content (AvgIpc) is 2.98. The zero-order valence-electron chi connectivity index (χ0n) is 15.0. The summed E-state index contributed by atoms with van der Waals surface area (Å²) in [6, 6.07) is 6.64. The molecule has 0 radical (unpaired) electrons. The van der Waals surface area contributed by atoms with Crippen LogP contribution >= 0.6 is 11.8 Å². The van der Waals surface area contributed by atoms with Gasteiger partial charge in [-0.1, -0.05) is 17.8 Å². The van der Waals surface area contributed by atoms with Gasteiger partial charge in [-0.15, -0.1) is 10.2 Å². The van der Waals surface area contributed by atoms with Gasteiger partial charge in [-0.25, -0.2) is 4.79 Å². The van der Waals surface area contributed by atoms with Gasteiger partial charge in [0.05, 0.1) is 24.5 Å². The molecule has 8 nitrogen and oxygen atoms in total. The van der Waals surface area contributed by atoms with Crippen LogP contribution in [0.4, 0.5) is 5.69 Å². The Morgan fingerprint density at radius 1 is 1.31 bits per heavy atom. The molecule has 0 unspecified atom stereocenters. The monoisotopic (exact) mass is 378 g/mol. The van der Waals surface area contributed by atoms with Crippen LogP contribution in [0.1, 0.15) is 23.1 Å². The predicted octanol–water partition coefficient (Wildman–Crippen LogP) is 2.14. The summed E-state index contributed by atoms with van der Waals surface area (Å²) in [5.74, 6) is 0.330. The van der Waals surface area contributed by atoms with Gasteiger partial charge >= 0.3 is 5.97 Å². The Balaban J connectivity index is 1.93. The number of thioether (sulfide) groups is 1. The lowest BCUT2D eigenvalue weighted by atomic mass is 10.2. The van der Waals surface area contributed by atoms with Gasteiger partial charge < -0.3 is 19.4 Å². The van der Waals surface area contributed by atoms with E-state index in [4.69, 9.17) is 9.47 Å². The Morgan fingerprint density at radius 3 is 2.85 bits per heavy atom. The molecular weight excluding hydrogens is 356 g/mol. The van der Waals surface area contributed by atoms with Crippen molar-refractivity contribution in [1.29, 1.82) is 0 Å². The SMILES string of the molecule is CCOC(=O)c1cccc(NC(=O)CSc2nnc(C)n2CCOC)c1. The zero-order valence-corrected chi connectivity index (χ0v) is 15.8. The van der Waals surface area contributed by atoms with Crippen LogP contribution in [-0.2, 0) is 20.8 Å². The highest BCUT2D eigenvalue weighted by Gasteiger charge is 2.13. The molecule has 1 aromatic carbocycles. The second-order valence-corrected chi connectivity index (χ2v) is 6.25. The maximum Gasteiger partial charge on any atom is 0.338 e. The van der Waals surface area contributed by atoms with E-state index in [9.17, 15) is 9.59 Å². The fourth-order valence-electron chi connectivity index (χ4n) is 2.17.